The van der Waals surface area contributed by atoms with Gasteiger partial charge in [-0.15, -0.1) is 0 Å². The molecule has 2 aromatic rings. The predicted molar refractivity (Wildman–Crippen MR) is 71.2 cm³/mol. The molecule has 0 heterocycles. The fourth-order valence-electron chi connectivity index (χ4n) is 1.59. The summed E-state index contributed by atoms with van der Waals surface area (Å²) in [7, 11) is 0. The summed E-state index contributed by atoms with van der Waals surface area (Å²) in [6, 6.07) is 15.3. The minimum absolute atomic E-state index is 1.31. The van der Waals surface area contributed by atoms with Crippen molar-refractivity contribution in [2.75, 3.05) is 0 Å². The maximum atomic E-state index is 2.25. The van der Waals surface area contributed by atoms with Crippen LogP contribution in [-0.4, -0.2) is 0 Å². The van der Waals surface area contributed by atoms with Gasteiger partial charge in [-0.1, -0.05) is 35.5 Å². The Morgan fingerprint density at radius 2 is 1.50 bits per heavy atom. The topological polar surface area (TPSA) is 0 Å². The zero-order valence-electron chi connectivity index (χ0n) is 9.95. The fraction of sp³-hybridized carbons (Fsp3) is 0.200. The lowest BCUT2D eigenvalue weighted by Gasteiger charge is -2.05. The average molecular weight is 228 g/mol. The van der Waals surface area contributed by atoms with Gasteiger partial charge in [0, 0.05) is 9.79 Å². The minimum atomic E-state index is 1.31. The van der Waals surface area contributed by atoms with E-state index in [9.17, 15) is 0 Å². The van der Waals surface area contributed by atoms with Gasteiger partial charge >= 0.3 is 0 Å². The first-order valence-corrected chi connectivity index (χ1v) is 6.28. The number of aryl methyl sites for hydroxylation is 3. The van der Waals surface area contributed by atoms with Crippen LogP contribution in [0.1, 0.15) is 16.7 Å². The van der Waals surface area contributed by atoms with Crippen LogP contribution in [0.2, 0.25) is 0 Å². The number of rotatable bonds is 2. The molecule has 82 valence electrons. The summed E-state index contributed by atoms with van der Waals surface area (Å²) in [6.07, 6.45) is 0. The summed E-state index contributed by atoms with van der Waals surface area (Å²) in [6.45, 7) is 6.44. The van der Waals surface area contributed by atoms with E-state index in [1.54, 1.807) is 0 Å². The van der Waals surface area contributed by atoms with Crippen molar-refractivity contribution in [1.29, 1.82) is 0 Å². The molecule has 0 aliphatic carbocycles. The Kier molecular flexibility index (Phi) is 3.35. The molecule has 0 fully saturated rings. The Bertz CT molecular complexity index is 501. The molecule has 1 heteroatoms. The first-order valence-electron chi connectivity index (χ1n) is 5.47. The standard InChI is InChI=1S/C15H16S/c1-11-5-4-6-14(9-11)16-15-8-7-12(2)13(3)10-15/h4-10H,1-3H3. The van der Waals surface area contributed by atoms with Gasteiger partial charge in [-0.3, -0.25) is 0 Å². The highest BCUT2D eigenvalue weighted by atomic mass is 32.2. The van der Waals surface area contributed by atoms with Crippen LogP contribution < -0.4 is 0 Å². The van der Waals surface area contributed by atoms with Gasteiger partial charge in [0.2, 0.25) is 0 Å². The van der Waals surface area contributed by atoms with Crippen molar-refractivity contribution in [3.05, 3.63) is 59.2 Å². The number of hydrogen-bond acceptors (Lipinski definition) is 1. The van der Waals surface area contributed by atoms with Crippen molar-refractivity contribution in [1.82, 2.24) is 0 Å². The van der Waals surface area contributed by atoms with Crippen LogP contribution in [0.3, 0.4) is 0 Å². The van der Waals surface area contributed by atoms with E-state index in [4.69, 9.17) is 0 Å². The number of benzene rings is 2. The van der Waals surface area contributed by atoms with E-state index in [-0.39, 0.29) is 0 Å². The molecule has 0 aliphatic heterocycles. The van der Waals surface area contributed by atoms with Crippen LogP contribution in [0.5, 0.6) is 0 Å². The van der Waals surface area contributed by atoms with E-state index in [2.05, 4.69) is 63.2 Å². The Hall–Kier alpha value is -1.21. The second-order valence-corrected chi connectivity index (χ2v) is 5.31. The lowest BCUT2D eigenvalue weighted by atomic mass is 10.1. The van der Waals surface area contributed by atoms with Crippen molar-refractivity contribution in [2.45, 2.75) is 30.6 Å². The van der Waals surface area contributed by atoms with Crippen molar-refractivity contribution in [2.24, 2.45) is 0 Å². The zero-order chi connectivity index (χ0) is 11.5. The molecule has 0 N–H and O–H groups in total. The van der Waals surface area contributed by atoms with Crippen molar-refractivity contribution in [3.8, 4) is 0 Å². The van der Waals surface area contributed by atoms with Crippen LogP contribution in [-0.2, 0) is 0 Å². The Labute approximate surface area is 102 Å². The average Bonchev–Trinajstić information content (AvgIpc) is 2.24. The van der Waals surface area contributed by atoms with Gasteiger partial charge in [-0.05, 0) is 56.2 Å². The molecule has 2 aromatic carbocycles. The normalized spacial score (nSPS) is 10.4. The maximum Gasteiger partial charge on any atom is 0.0125 e. The van der Waals surface area contributed by atoms with Crippen LogP contribution in [0.4, 0.5) is 0 Å². The third-order valence-electron chi connectivity index (χ3n) is 2.70. The van der Waals surface area contributed by atoms with Crippen LogP contribution in [0.25, 0.3) is 0 Å². The molecular formula is C15H16S. The lowest BCUT2D eigenvalue weighted by molar-refractivity contribution is 1.27. The third kappa shape index (κ3) is 2.67. The number of hydrogen-bond donors (Lipinski definition) is 0. The molecule has 0 aromatic heterocycles. The Morgan fingerprint density at radius 3 is 2.19 bits per heavy atom. The van der Waals surface area contributed by atoms with Crippen molar-refractivity contribution >= 4 is 11.8 Å². The smallest absolute Gasteiger partial charge is 0.0125 e. The molecule has 0 spiro atoms. The van der Waals surface area contributed by atoms with Gasteiger partial charge in [0.05, 0.1) is 0 Å². The summed E-state index contributed by atoms with van der Waals surface area (Å²) < 4.78 is 0. The van der Waals surface area contributed by atoms with Gasteiger partial charge in [-0.25, -0.2) is 0 Å². The monoisotopic (exact) mass is 228 g/mol. The molecule has 0 nitrogen and oxygen atoms in total. The molecule has 0 saturated heterocycles. The maximum absolute atomic E-state index is 2.25. The molecule has 0 unspecified atom stereocenters. The van der Waals surface area contributed by atoms with E-state index in [1.807, 2.05) is 11.8 Å². The van der Waals surface area contributed by atoms with Crippen LogP contribution in [0.15, 0.2) is 52.3 Å². The van der Waals surface area contributed by atoms with Gasteiger partial charge in [0.25, 0.3) is 0 Å². The highest BCUT2D eigenvalue weighted by Crippen LogP contribution is 2.29. The van der Waals surface area contributed by atoms with Gasteiger partial charge in [0.15, 0.2) is 0 Å². The summed E-state index contributed by atoms with van der Waals surface area (Å²) in [4.78, 5) is 2.62. The lowest BCUT2D eigenvalue weighted by Crippen LogP contribution is -1.81. The second kappa shape index (κ2) is 4.75. The SMILES string of the molecule is Cc1cccc(Sc2ccc(C)c(C)c2)c1. The summed E-state index contributed by atoms with van der Waals surface area (Å²) in [5, 5.41) is 0. The molecule has 0 bridgehead atoms. The van der Waals surface area contributed by atoms with E-state index in [1.165, 1.54) is 26.5 Å². The van der Waals surface area contributed by atoms with E-state index >= 15 is 0 Å². The van der Waals surface area contributed by atoms with Crippen LogP contribution >= 0.6 is 11.8 Å². The van der Waals surface area contributed by atoms with Crippen molar-refractivity contribution < 1.29 is 0 Å². The zero-order valence-corrected chi connectivity index (χ0v) is 10.8. The quantitative estimate of drug-likeness (QED) is 0.714. The highest BCUT2D eigenvalue weighted by Gasteiger charge is 1.99. The Morgan fingerprint density at radius 1 is 0.750 bits per heavy atom. The van der Waals surface area contributed by atoms with Crippen molar-refractivity contribution in [3.63, 3.8) is 0 Å². The Balaban J connectivity index is 2.24. The minimum Gasteiger partial charge on any atom is -0.0901 e. The van der Waals surface area contributed by atoms with E-state index in [0.717, 1.165) is 0 Å². The largest absolute Gasteiger partial charge is 0.0901 e. The third-order valence-corrected chi connectivity index (χ3v) is 3.68. The molecule has 0 amide bonds. The van der Waals surface area contributed by atoms with Gasteiger partial charge in [-0.2, -0.15) is 0 Å². The molecule has 0 saturated carbocycles. The molecule has 0 aliphatic rings. The molecule has 0 radical (unpaired) electrons. The van der Waals surface area contributed by atoms with E-state index in [0.29, 0.717) is 0 Å². The summed E-state index contributed by atoms with van der Waals surface area (Å²) in [5.74, 6) is 0. The summed E-state index contributed by atoms with van der Waals surface area (Å²) in [5.41, 5.74) is 4.03. The first kappa shape index (κ1) is 11.3. The second-order valence-electron chi connectivity index (χ2n) is 4.16. The predicted octanol–water partition coefficient (Wildman–Crippen LogP) is 4.76. The van der Waals surface area contributed by atoms with Gasteiger partial charge in [0.1, 0.15) is 0 Å². The molecular weight excluding hydrogens is 212 g/mol. The molecule has 16 heavy (non-hydrogen) atoms. The fourth-order valence-corrected chi connectivity index (χ4v) is 2.63. The van der Waals surface area contributed by atoms with Crippen LogP contribution in [0, 0.1) is 20.8 Å². The summed E-state index contributed by atoms with van der Waals surface area (Å²) >= 11 is 1.82. The molecule has 2 rings (SSSR count). The highest BCUT2D eigenvalue weighted by molar-refractivity contribution is 7.99. The van der Waals surface area contributed by atoms with E-state index < -0.39 is 0 Å². The first-order chi connectivity index (χ1) is 7.65. The molecule has 0 atom stereocenters. The van der Waals surface area contributed by atoms with Gasteiger partial charge < -0.3 is 0 Å².